The number of halogens is 1. The molecule has 1 unspecified atom stereocenters. The number of benzene rings is 1. The van der Waals surface area contributed by atoms with Gasteiger partial charge in [-0.05, 0) is 58.2 Å². The Morgan fingerprint density at radius 2 is 2.18 bits per heavy atom. The van der Waals surface area contributed by atoms with E-state index in [0.717, 1.165) is 0 Å². The van der Waals surface area contributed by atoms with Gasteiger partial charge in [0, 0.05) is 16.9 Å². The highest BCUT2D eigenvalue weighted by Crippen LogP contribution is 2.37. The summed E-state index contributed by atoms with van der Waals surface area (Å²) in [5.74, 6) is -0.805. The highest BCUT2D eigenvalue weighted by Gasteiger charge is 2.36. The van der Waals surface area contributed by atoms with Gasteiger partial charge in [0.05, 0.1) is 18.2 Å². The average molecular weight is 327 g/mol. The molecule has 0 amide bonds. The Morgan fingerprint density at radius 1 is 1.50 bits per heavy atom. The van der Waals surface area contributed by atoms with E-state index < -0.39 is 22.1 Å². The molecular weight excluding hydrogens is 305 g/mol. The zero-order valence-corrected chi connectivity index (χ0v) is 14.2. The summed E-state index contributed by atoms with van der Waals surface area (Å²) in [6.45, 7) is 7.59. The summed E-state index contributed by atoms with van der Waals surface area (Å²) < 4.78 is 34.1. The molecule has 0 aliphatic heterocycles. The summed E-state index contributed by atoms with van der Waals surface area (Å²) in [5.41, 5.74) is 1.52. The van der Waals surface area contributed by atoms with Crippen LogP contribution in [0.5, 0.6) is 0 Å². The zero-order valence-electron chi connectivity index (χ0n) is 13.4. The summed E-state index contributed by atoms with van der Waals surface area (Å²) in [4.78, 5) is 12.0. The lowest BCUT2D eigenvalue weighted by atomic mass is 10.0. The molecule has 0 radical (unpaired) electrons. The van der Waals surface area contributed by atoms with Crippen LogP contribution in [-0.4, -0.2) is 21.9 Å². The predicted molar refractivity (Wildman–Crippen MR) is 84.4 cm³/mol. The maximum absolute atomic E-state index is 14.2. The normalized spacial score (nSPS) is 18.9. The number of rotatable bonds is 4. The number of carbonyl (C=O) groups excluding carboxylic acids is 1. The zero-order chi connectivity index (χ0) is 16.5. The van der Waals surface area contributed by atoms with Gasteiger partial charge in [0.25, 0.3) is 0 Å². The van der Waals surface area contributed by atoms with E-state index in [1.165, 1.54) is 12.1 Å². The molecule has 1 aromatic carbocycles. The lowest BCUT2D eigenvalue weighted by Gasteiger charge is -2.26. The van der Waals surface area contributed by atoms with E-state index in [2.05, 4.69) is 4.72 Å². The second-order valence-corrected chi connectivity index (χ2v) is 8.30. The molecular formula is C16H22FNO3S. The molecule has 122 valence electrons. The molecule has 2 rings (SSSR count). The van der Waals surface area contributed by atoms with Crippen molar-refractivity contribution in [3.63, 3.8) is 0 Å². The number of fused-ring (bicyclic) bond motifs is 1. The van der Waals surface area contributed by atoms with E-state index in [4.69, 9.17) is 4.74 Å². The van der Waals surface area contributed by atoms with Crippen LogP contribution >= 0.6 is 0 Å². The number of esters is 1. The van der Waals surface area contributed by atoms with Crippen molar-refractivity contribution in [2.24, 2.45) is 0 Å². The Hall–Kier alpha value is -1.11. The number of ether oxygens (including phenoxy) is 1. The molecule has 6 heteroatoms. The van der Waals surface area contributed by atoms with E-state index in [1.54, 1.807) is 6.92 Å². The first-order chi connectivity index (χ1) is 10.3. The van der Waals surface area contributed by atoms with E-state index >= 15 is 0 Å². The highest BCUT2D eigenvalue weighted by molar-refractivity contribution is 7.90. The van der Waals surface area contributed by atoms with Gasteiger partial charge in [-0.25, -0.2) is 9.18 Å². The van der Waals surface area contributed by atoms with Crippen LogP contribution in [0.4, 0.5) is 4.39 Å². The van der Waals surface area contributed by atoms with Crippen LogP contribution in [-0.2, 0) is 22.5 Å². The van der Waals surface area contributed by atoms with Crippen molar-refractivity contribution >= 4 is 17.3 Å². The largest absolute Gasteiger partial charge is 0.598 e. The van der Waals surface area contributed by atoms with Crippen LogP contribution in [0.1, 0.15) is 61.6 Å². The van der Waals surface area contributed by atoms with Gasteiger partial charge in [0.15, 0.2) is 0 Å². The Labute approximate surface area is 133 Å². The second-order valence-electron chi connectivity index (χ2n) is 6.30. The summed E-state index contributed by atoms with van der Waals surface area (Å²) in [7, 11) is 0. The average Bonchev–Trinajstić information content (AvgIpc) is 2.83. The molecule has 0 bridgehead atoms. The molecule has 0 saturated heterocycles. The van der Waals surface area contributed by atoms with Crippen LogP contribution in [0.15, 0.2) is 12.1 Å². The molecule has 22 heavy (non-hydrogen) atoms. The Morgan fingerprint density at radius 3 is 2.77 bits per heavy atom. The highest BCUT2D eigenvalue weighted by atomic mass is 32.2. The lowest BCUT2D eigenvalue weighted by Crippen LogP contribution is -2.41. The minimum atomic E-state index is -1.30. The topological polar surface area (TPSA) is 61.4 Å². The van der Waals surface area contributed by atoms with Gasteiger partial charge < -0.3 is 9.29 Å². The SMILES string of the molecule is CCOC(=O)c1ccc(F)c2c1CC[C@@H]2N[S+]([O-])C(C)(C)C. The number of carbonyl (C=O) groups is 1. The monoisotopic (exact) mass is 327 g/mol. The summed E-state index contributed by atoms with van der Waals surface area (Å²) >= 11 is -1.30. The van der Waals surface area contributed by atoms with Crippen molar-refractivity contribution in [2.45, 2.75) is 51.3 Å². The molecule has 0 spiro atoms. The number of hydrogen-bond donors (Lipinski definition) is 1. The molecule has 1 aliphatic rings. The van der Waals surface area contributed by atoms with Gasteiger partial charge in [0.2, 0.25) is 0 Å². The fourth-order valence-corrected chi connectivity index (χ4v) is 3.39. The summed E-state index contributed by atoms with van der Waals surface area (Å²) in [6.07, 6.45) is 1.19. The van der Waals surface area contributed by atoms with E-state index in [-0.39, 0.29) is 18.5 Å². The molecule has 1 aromatic rings. The number of nitrogens with one attached hydrogen (secondary N) is 1. The van der Waals surface area contributed by atoms with Gasteiger partial charge in [-0.15, -0.1) is 4.72 Å². The fraction of sp³-hybridized carbons (Fsp3) is 0.562. The molecule has 0 fully saturated rings. The van der Waals surface area contributed by atoms with Crippen LogP contribution in [0.25, 0.3) is 0 Å². The summed E-state index contributed by atoms with van der Waals surface area (Å²) in [5, 5.41) is 0. The first-order valence-corrected chi connectivity index (χ1v) is 8.57. The minimum Gasteiger partial charge on any atom is -0.598 e. The molecule has 4 nitrogen and oxygen atoms in total. The predicted octanol–water partition coefficient (Wildman–Crippen LogP) is 3.04. The van der Waals surface area contributed by atoms with E-state index in [0.29, 0.717) is 29.5 Å². The molecule has 0 heterocycles. The van der Waals surface area contributed by atoms with Crippen molar-refractivity contribution in [3.05, 3.63) is 34.6 Å². The fourth-order valence-electron chi connectivity index (χ4n) is 2.54. The Bertz CT molecular complexity index is 571. The van der Waals surface area contributed by atoms with Crippen molar-refractivity contribution in [1.82, 2.24) is 4.72 Å². The Kier molecular flexibility index (Phi) is 5.14. The van der Waals surface area contributed by atoms with Gasteiger partial charge in [0.1, 0.15) is 10.6 Å². The molecule has 1 N–H and O–H groups in total. The second kappa shape index (κ2) is 6.56. The third-order valence-electron chi connectivity index (χ3n) is 3.64. The maximum atomic E-state index is 14.2. The van der Waals surface area contributed by atoms with E-state index in [9.17, 15) is 13.7 Å². The van der Waals surface area contributed by atoms with Gasteiger partial charge >= 0.3 is 5.97 Å². The minimum absolute atomic E-state index is 0.278. The lowest BCUT2D eigenvalue weighted by molar-refractivity contribution is 0.0525. The molecule has 0 aromatic heterocycles. The van der Waals surface area contributed by atoms with Crippen LogP contribution in [0.3, 0.4) is 0 Å². The number of hydrogen-bond acceptors (Lipinski definition) is 4. The third-order valence-corrected chi connectivity index (χ3v) is 5.25. The van der Waals surface area contributed by atoms with Crippen molar-refractivity contribution in [3.8, 4) is 0 Å². The van der Waals surface area contributed by atoms with E-state index in [1.807, 2.05) is 20.8 Å². The van der Waals surface area contributed by atoms with Gasteiger partial charge in [-0.3, -0.25) is 0 Å². The van der Waals surface area contributed by atoms with Crippen molar-refractivity contribution < 1.29 is 18.5 Å². The van der Waals surface area contributed by atoms with Crippen LogP contribution < -0.4 is 4.72 Å². The molecule has 2 atom stereocenters. The molecule has 0 saturated carbocycles. The first kappa shape index (κ1) is 17.2. The first-order valence-electron chi connectivity index (χ1n) is 7.42. The summed E-state index contributed by atoms with van der Waals surface area (Å²) in [6, 6.07) is 2.41. The standard InChI is InChI=1S/C16H22FNO3S/c1-5-21-15(19)11-6-8-12(17)14-10(11)7-9-13(14)18-22(20)16(2,3)4/h6,8,13,18H,5,7,9H2,1-4H3/t13-,22?/m0/s1. The van der Waals surface area contributed by atoms with Crippen molar-refractivity contribution in [1.29, 1.82) is 0 Å². The van der Waals surface area contributed by atoms with Crippen LogP contribution in [0, 0.1) is 5.82 Å². The maximum Gasteiger partial charge on any atom is 0.338 e. The van der Waals surface area contributed by atoms with Gasteiger partial charge in [-0.2, -0.15) is 0 Å². The van der Waals surface area contributed by atoms with Crippen molar-refractivity contribution in [2.75, 3.05) is 6.61 Å². The third kappa shape index (κ3) is 3.45. The smallest absolute Gasteiger partial charge is 0.338 e. The van der Waals surface area contributed by atoms with Crippen LogP contribution in [0.2, 0.25) is 0 Å². The van der Waals surface area contributed by atoms with Gasteiger partial charge in [-0.1, -0.05) is 0 Å². The molecule has 1 aliphatic carbocycles. The quantitative estimate of drug-likeness (QED) is 0.682. The Balaban J connectivity index is 2.31.